The zero-order valence-corrected chi connectivity index (χ0v) is 16.1. The third kappa shape index (κ3) is 4.56. The maximum Gasteiger partial charge on any atom is 0.263 e. The van der Waals surface area contributed by atoms with Crippen molar-refractivity contribution in [3.05, 3.63) is 51.7 Å². The zero-order valence-electron chi connectivity index (χ0n) is 14.5. The third-order valence-corrected chi connectivity index (χ3v) is 5.41. The highest BCUT2D eigenvalue weighted by atomic mass is 35.5. The van der Waals surface area contributed by atoms with Crippen molar-refractivity contribution >= 4 is 34.8 Å². The molecule has 1 aliphatic heterocycles. The number of hydrogen-bond donors (Lipinski definition) is 1. The van der Waals surface area contributed by atoms with Crippen LogP contribution in [0.15, 0.2) is 41.1 Å². The Hall–Kier alpha value is -2.05. The van der Waals surface area contributed by atoms with Crippen molar-refractivity contribution < 1.29 is 14.3 Å². The Labute approximate surface area is 161 Å². The minimum Gasteiger partial charge on any atom is -0.479 e. The van der Waals surface area contributed by atoms with Crippen LogP contribution in [0, 0.1) is 0 Å². The summed E-state index contributed by atoms with van der Waals surface area (Å²) in [6, 6.07) is 9.02. The van der Waals surface area contributed by atoms with E-state index in [9.17, 15) is 9.59 Å². The number of halogens is 1. The first-order valence-corrected chi connectivity index (χ1v) is 9.89. The number of benzene rings is 1. The maximum atomic E-state index is 12.6. The number of rotatable bonds is 5. The number of hydrogen-bond acceptors (Lipinski definition) is 4. The van der Waals surface area contributed by atoms with Gasteiger partial charge in [0.25, 0.3) is 11.8 Å². The van der Waals surface area contributed by atoms with Gasteiger partial charge in [-0.25, -0.2) is 0 Å². The predicted octanol–water partition coefficient (Wildman–Crippen LogP) is 3.59. The second-order valence-electron chi connectivity index (χ2n) is 6.28. The molecule has 0 radical (unpaired) electrons. The lowest BCUT2D eigenvalue weighted by molar-refractivity contribution is -0.139. The Morgan fingerprint density at radius 3 is 2.65 bits per heavy atom. The first kappa shape index (κ1) is 18.7. The Kier molecular flexibility index (Phi) is 6.16. The summed E-state index contributed by atoms with van der Waals surface area (Å²) in [6.45, 7) is 2.93. The number of amides is 2. The summed E-state index contributed by atoms with van der Waals surface area (Å²) in [7, 11) is 0. The van der Waals surface area contributed by atoms with Crippen LogP contribution >= 0.6 is 22.9 Å². The van der Waals surface area contributed by atoms with Crippen LogP contribution in [0.2, 0.25) is 5.02 Å². The van der Waals surface area contributed by atoms with Crippen LogP contribution in [-0.4, -0.2) is 41.9 Å². The largest absolute Gasteiger partial charge is 0.479 e. The van der Waals surface area contributed by atoms with Gasteiger partial charge in [0.2, 0.25) is 0 Å². The number of piperidine rings is 1. The highest BCUT2D eigenvalue weighted by molar-refractivity contribution is 7.08. The molecule has 26 heavy (non-hydrogen) atoms. The molecule has 1 fully saturated rings. The molecule has 1 saturated heterocycles. The Balaban J connectivity index is 1.48. The van der Waals surface area contributed by atoms with Crippen LogP contribution in [0.5, 0.6) is 5.75 Å². The van der Waals surface area contributed by atoms with Crippen LogP contribution in [-0.2, 0) is 4.79 Å². The first-order valence-electron chi connectivity index (χ1n) is 8.57. The van der Waals surface area contributed by atoms with Crippen molar-refractivity contribution in [2.75, 3.05) is 13.1 Å². The van der Waals surface area contributed by atoms with E-state index in [0.29, 0.717) is 29.4 Å². The average Bonchev–Trinajstić information content (AvgIpc) is 3.18. The van der Waals surface area contributed by atoms with Gasteiger partial charge in [-0.2, -0.15) is 11.3 Å². The molecule has 0 spiro atoms. The summed E-state index contributed by atoms with van der Waals surface area (Å²) in [5, 5.41) is 7.25. The van der Waals surface area contributed by atoms with Gasteiger partial charge >= 0.3 is 0 Å². The summed E-state index contributed by atoms with van der Waals surface area (Å²) < 4.78 is 5.71. The van der Waals surface area contributed by atoms with Gasteiger partial charge in [-0.3, -0.25) is 9.59 Å². The van der Waals surface area contributed by atoms with Gasteiger partial charge in [-0.1, -0.05) is 23.7 Å². The zero-order chi connectivity index (χ0) is 18.5. The lowest BCUT2D eigenvalue weighted by Crippen LogP contribution is -2.49. The molecule has 1 aromatic carbocycles. The van der Waals surface area contributed by atoms with Gasteiger partial charge in [0, 0.05) is 30.1 Å². The first-order chi connectivity index (χ1) is 12.5. The molecule has 1 N–H and O–H groups in total. The minimum atomic E-state index is -0.605. The Morgan fingerprint density at radius 2 is 2.00 bits per heavy atom. The molecule has 2 amide bonds. The predicted molar refractivity (Wildman–Crippen MR) is 103 cm³/mol. The van der Waals surface area contributed by atoms with Crippen LogP contribution in [0.3, 0.4) is 0 Å². The molecule has 5 nitrogen and oxygen atoms in total. The van der Waals surface area contributed by atoms with E-state index in [0.717, 1.165) is 12.8 Å². The van der Waals surface area contributed by atoms with E-state index >= 15 is 0 Å². The molecule has 2 heterocycles. The SMILES string of the molecule is CC(Oc1ccccc1Cl)C(=O)N1CCC(NC(=O)c2ccsc2)CC1. The molecule has 1 aromatic heterocycles. The van der Waals surface area contributed by atoms with Gasteiger partial charge in [0.05, 0.1) is 5.02 Å². The molecule has 1 aliphatic rings. The third-order valence-electron chi connectivity index (χ3n) is 4.41. The Bertz CT molecular complexity index is 758. The molecular weight excluding hydrogens is 372 g/mol. The molecule has 138 valence electrons. The van der Waals surface area contributed by atoms with E-state index in [-0.39, 0.29) is 17.9 Å². The van der Waals surface area contributed by atoms with Crippen molar-refractivity contribution in [2.24, 2.45) is 0 Å². The van der Waals surface area contributed by atoms with E-state index in [1.54, 1.807) is 24.0 Å². The minimum absolute atomic E-state index is 0.0496. The summed E-state index contributed by atoms with van der Waals surface area (Å²) in [5.74, 6) is 0.395. The second kappa shape index (κ2) is 8.56. The lowest BCUT2D eigenvalue weighted by Gasteiger charge is -2.33. The number of carbonyl (C=O) groups is 2. The van der Waals surface area contributed by atoms with E-state index in [1.807, 2.05) is 29.0 Å². The average molecular weight is 393 g/mol. The van der Waals surface area contributed by atoms with Crippen LogP contribution in [0.1, 0.15) is 30.1 Å². The fourth-order valence-electron chi connectivity index (χ4n) is 2.94. The molecular formula is C19H21ClN2O3S. The number of nitrogens with zero attached hydrogens (tertiary/aromatic N) is 1. The van der Waals surface area contributed by atoms with Gasteiger partial charge in [0.1, 0.15) is 5.75 Å². The van der Waals surface area contributed by atoms with Crippen LogP contribution < -0.4 is 10.1 Å². The summed E-state index contributed by atoms with van der Waals surface area (Å²) >= 11 is 7.58. The van der Waals surface area contributed by atoms with Gasteiger partial charge < -0.3 is 15.0 Å². The summed E-state index contributed by atoms with van der Waals surface area (Å²) in [4.78, 5) is 26.5. The van der Waals surface area contributed by atoms with E-state index < -0.39 is 6.10 Å². The van der Waals surface area contributed by atoms with E-state index in [1.165, 1.54) is 11.3 Å². The molecule has 0 bridgehead atoms. The monoisotopic (exact) mass is 392 g/mol. The summed E-state index contributed by atoms with van der Waals surface area (Å²) in [5.41, 5.74) is 0.690. The van der Waals surface area contributed by atoms with Crippen molar-refractivity contribution in [1.82, 2.24) is 10.2 Å². The number of thiophene rings is 1. The molecule has 7 heteroatoms. The van der Waals surface area contributed by atoms with Crippen molar-refractivity contribution in [2.45, 2.75) is 31.9 Å². The normalized spacial score (nSPS) is 16.2. The van der Waals surface area contributed by atoms with Crippen molar-refractivity contribution in [1.29, 1.82) is 0 Å². The van der Waals surface area contributed by atoms with Gasteiger partial charge in [0.15, 0.2) is 6.10 Å². The lowest BCUT2D eigenvalue weighted by atomic mass is 10.0. The highest BCUT2D eigenvalue weighted by Gasteiger charge is 2.28. The molecule has 1 unspecified atom stereocenters. The fourth-order valence-corrected chi connectivity index (χ4v) is 3.76. The van der Waals surface area contributed by atoms with E-state index in [4.69, 9.17) is 16.3 Å². The maximum absolute atomic E-state index is 12.6. The molecule has 0 aliphatic carbocycles. The standard InChI is InChI=1S/C19H21ClN2O3S/c1-13(25-17-5-3-2-4-16(17)20)19(24)22-9-6-15(7-10-22)21-18(23)14-8-11-26-12-14/h2-5,8,11-13,15H,6-7,9-10H2,1H3,(H,21,23). The second-order valence-corrected chi connectivity index (χ2v) is 7.46. The molecule has 0 saturated carbocycles. The molecule has 3 rings (SSSR count). The topological polar surface area (TPSA) is 58.6 Å². The van der Waals surface area contributed by atoms with Crippen molar-refractivity contribution in [3.63, 3.8) is 0 Å². The quantitative estimate of drug-likeness (QED) is 0.845. The smallest absolute Gasteiger partial charge is 0.263 e. The van der Waals surface area contributed by atoms with Crippen molar-refractivity contribution in [3.8, 4) is 5.75 Å². The number of carbonyl (C=O) groups excluding carboxylic acids is 2. The van der Waals surface area contributed by atoms with Gasteiger partial charge in [-0.15, -0.1) is 0 Å². The van der Waals surface area contributed by atoms with Gasteiger partial charge in [-0.05, 0) is 43.3 Å². The summed E-state index contributed by atoms with van der Waals surface area (Å²) in [6.07, 6.45) is 0.868. The highest BCUT2D eigenvalue weighted by Crippen LogP contribution is 2.25. The van der Waals surface area contributed by atoms with E-state index in [2.05, 4.69) is 5.32 Å². The van der Waals surface area contributed by atoms with Crippen LogP contribution in [0.4, 0.5) is 0 Å². The number of para-hydroxylation sites is 1. The number of ether oxygens (including phenoxy) is 1. The number of likely N-dealkylation sites (tertiary alicyclic amines) is 1. The Morgan fingerprint density at radius 1 is 1.27 bits per heavy atom. The molecule has 2 aromatic rings. The van der Waals surface area contributed by atoms with Crippen LogP contribution in [0.25, 0.3) is 0 Å². The fraction of sp³-hybridized carbons (Fsp3) is 0.368. The molecule has 1 atom stereocenters. The number of nitrogens with one attached hydrogen (secondary N) is 1.